The largest absolute Gasteiger partial charge is 0.494 e. The topological polar surface area (TPSA) is 38.3 Å². The number of ether oxygens (including phenoxy) is 1. The molecule has 0 heterocycles. The maximum absolute atomic E-state index is 13.6. The van der Waals surface area contributed by atoms with Crippen LogP contribution in [0.4, 0.5) is 4.39 Å². The van der Waals surface area contributed by atoms with E-state index in [4.69, 9.17) is 4.74 Å². The molecule has 0 saturated heterocycles. The minimum atomic E-state index is -0.385. The number of amides is 1. The Bertz CT molecular complexity index is 694. The van der Waals surface area contributed by atoms with Crippen molar-refractivity contribution in [3.63, 3.8) is 0 Å². The van der Waals surface area contributed by atoms with E-state index in [1.54, 1.807) is 12.1 Å². The fourth-order valence-corrected chi connectivity index (χ4v) is 3.23. The SMILES string of the molecule is COc1ccc(CSCC(=O)N[C@H](C)c2ccc(Br)cc2)cc1F. The first-order valence-corrected chi connectivity index (χ1v) is 9.39. The average molecular weight is 412 g/mol. The van der Waals surface area contributed by atoms with Gasteiger partial charge in [-0.3, -0.25) is 4.79 Å². The first kappa shape index (κ1) is 18.8. The normalized spacial score (nSPS) is 11.8. The van der Waals surface area contributed by atoms with Crippen LogP contribution < -0.4 is 10.1 Å². The number of halogens is 2. The smallest absolute Gasteiger partial charge is 0.230 e. The number of carbonyl (C=O) groups excluding carboxylic acids is 1. The van der Waals surface area contributed by atoms with Crippen molar-refractivity contribution in [3.8, 4) is 5.75 Å². The van der Waals surface area contributed by atoms with Crippen molar-refractivity contribution in [2.75, 3.05) is 12.9 Å². The molecule has 0 saturated carbocycles. The fourth-order valence-electron chi connectivity index (χ4n) is 2.18. The first-order valence-electron chi connectivity index (χ1n) is 7.44. The number of methoxy groups -OCH3 is 1. The predicted molar refractivity (Wildman–Crippen MR) is 99.8 cm³/mol. The molecule has 0 aliphatic rings. The Balaban J connectivity index is 1.78. The maximum atomic E-state index is 13.6. The maximum Gasteiger partial charge on any atom is 0.230 e. The zero-order valence-electron chi connectivity index (χ0n) is 13.5. The molecule has 128 valence electrons. The summed E-state index contributed by atoms with van der Waals surface area (Å²) in [6, 6.07) is 12.6. The van der Waals surface area contributed by atoms with Crippen molar-refractivity contribution >= 4 is 33.6 Å². The molecule has 0 aliphatic heterocycles. The lowest BCUT2D eigenvalue weighted by molar-refractivity contribution is -0.119. The lowest BCUT2D eigenvalue weighted by Crippen LogP contribution is -2.28. The summed E-state index contributed by atoms with van der Waals surface area (Å²) in [5, 5.41) is 2.96. The summed E-state index contributed by atoms with van der Waals surface area (Å²) < 4.78 is 19.5. The third kappa shape index (κ3) is 5.53. The van der Waals surface area contributed by atoms with Crippen LogP contribution in [0.5, 0.6) is 5.75 Å². The van der Waals surface area contributed by atoms with Gasteiger partial charge in [0.25, 0.3) is 0 Å². The summed E-state index contributed by atoms with van der Waals surface area (Å²) in [5.74, 6) is 0.702. The third-order valence-corrected chi connectivity index (χ3v) is 5.00. The van der Waals surface area contributed by atoms with Crippen molar-refractivity contribution in [2.24, 2.45) is 0 Å². The van der Waals surface area contributed by atoms with Crippen molar-refractivity contribution < 1.29 is 13.9 Å². The Kier molecular flexibility index (Phi) is 7.12. The van der Waals surface area contributed by atoms with Gasteiger partial charge in [-0.15, -0.1) is 11.8 Å². The number of benzene rings is 2. The highest BCUT2D eigenvalue weighted by Gasteiger charge is 2.10. The molecule has 24 heavy (non-hydrogen) atoms. The predicted octanol–water partition coefficient (Wildman–Crippen LogP) is 4.71. The molecular formula is C18H19BrFNO2S. The number of nitrogens with one attached hydrogen (secondary N) is 1. The molecule has 1 amide bonds. The van der Waals surface area contributed by atoms with Crippen LogP contribution >= 0.6 is 27.7 Å². The van der Waals surface area contributed by atoms with Gasteiger partial charge >= 0.3 is 0 Å². The van der Waals surface area contributed by atoms with Crippen LogP contribution in [0.1, 0.15) is 24.1 Å². The van der Waals surface area contributed by atoms with Crippen LogP contribution in [-0.2, 0) is 10.5 Å². The molecule has 1 atom stereocenters. The van der Waals surface area contributed by atoms with Crippen molar-refractivity contribution in [3.05, 3.63) is 63.9 Å². The van der Waals surface area contributed by atoms with Crippen LogP contribution in [0.25, 0.3) is 0 Å². The van der Waals surface area contributed by atoms with Gasteiger partial charge in [-0.2, -0.15) is 0 Å². The van der Waals surface area contributed by atoms with E-state index < -0.39 is 0 Å². The van der Waals surface area contributed by atoms with E-state index in [0.29, 0.717) is 11.5 Å². The quantitative estimate of drug-likeness (QED) is 0.716. The van der Waals surface area contributed by atoms with Crippen LogP contribution in [-0.4, -0.2) is 18.8 Å². The molecule has 2 rings (SSSR count). The van der Waals surface area contributed by atoms with Gasteiger partial charge in [-0.25, -0.2) is 4.39 Å². The zero-order valence-corrected chi connectivity index (χ0v) is 15.9. The standard InChI is InChI=1S/C18H19BrFNO2S/c1-12(14-4-6-15(19)7-5-14)21-18(22)11-24-10-13-3-8-17(23-2)16(20)9-13/h3-9,12H,10-11H2,1-2H3,(H,21,22)/t12-/m1/s1. The number of hydrogen-bond donors (Lipinski definition) is 1. The average Bonchev–Trinajstić information content (AvgIpc) is 2.55. The van der Waals surface area contributed by atoms with Crippen molar-refractivity contribution in [1.82, 2.24) is 5.32 Å². The molecule has 3 nitrogen and oxygen atoms in total. The second kappa shape index (κ2) is 9.08. The Morgan fingerprint density at radius 3 is 2.62 bits per heavy atom. The number of thioether (sulfide) groups is 1. The Morgan fingerprint density at radius 1 is 1.29 bits per heavy atom. The molecule has 2 aromatic rings. The number of hydrogen-bond acceptors (Lipinski definition) is 3. The second-order valence-corrected chi connectivity index (χ2v) is 7.20. The van der Waals surface area contributed by atoms with E-state index in [0.717, 1.165) is 15.6 Å². The lowest BCUT2D eigenvalue weighted by Gasteiger charge is -2.14. The second-order valence-electron chi connectivity index (χ2n) is 5.30. The highest BCUT2D eigenvalue weighted by atomic mass is 79.9. The Labute approximate surface area is 154 Å². The van der Waals surface area contributed by atoms with Crippen LogP contribution in [0.3, 0.4) is 0 Å². The first-order chi connectivity index (χ1) is 11.5. The molecule has 0 bridgehead atoms. The molecule has 0 fully saturated rings. The molecule has 1 N–H and O–H groups in total. The van der Waals surface area contributed by atoms with Gasteiger partial charge in [0.15, 0.2) is 11.6 Å². The van der Waals surface area contributed by atoms with Crippen LogP contribution in [0.15, 0.2) is 46.9 Å². The molecule has 0 unspecified atom stereocenters. The van der Waals surface area contributed by atoms with Gasteiger partial charge in [0.1, 0.15) is 0 Å². The Morgan fingerprint density at radius 2 is 2.00 bits per heavy atom. The summed E-state index contributed by atoms with van der Waals surface area (Å²) in [6.45, 7) is 1.95. The van der Waals surface area contributed by atoms with Gasteiger partial charge in [-0.1, -0.05) is 34.1 Å². The Hall–Kier alpha value is -1.53. The fraction of sp³-hybridized carbons (Fsp3) is 0.278. The zero-order chi connectivity index (χ0) is 17.5. The van der Waals surface area contributed by atoms with Gasteiger partial charge in [0.05, 0.1) is 18.9 Å². The van der Waals surface area contributed by atoms with Crippen molar-refractivity contribution in [1.29, 1.82) is 0 Å². The molecular weight excluding hydrogens is 393 g/mol. The molecule has 0 spiro atoms. The lowest BCUT2D eigenvalue weighted by atomic mass is 10.1. The van der Waals surface area contributed by atoms with E-state index >= 15 is 0 Å². The highest BCUT2D eigenvalue weighted by Crippen LogP contribution is 2.21. The molecule has 0 aromatic heterocycles. The number of carbonyl (C=O) groups is 1. The van der Waals surface area contributed by atoms with Crippen molar-refractivity contribution in [2.45, 2.75) is 18.7 Å². The summed E-state index contributed by atoms with van der Waals surface area (Å²) in [7, 11) is 1.43. The van der Waals surface area contributed by atoms with Gasteiger partial charge in [0.2, 0.25) is 5.91 Å². The molecule has 0 radical (unpaired) electrons. The van der Waals surface area contributed by atoms with Crippen LogP contribution in [0.2, 0.25) is 0 Å². The summed E-state index contributed by atoms with van der Waals surface area (Å²) in [4.78, 5) is 12.0. The van der Waals surface area contributed by atoms with Crippen LogP contribution in [0, 0.1) is 5.82 Å². The molecule has 0 aliphatic carbocycles. The summed E-state index contributed by atoms with van der Waals surface area (Å²) in [6.07, 6.45) is 0. The molecule has 6 heteroatoms. The number of rotatable bonds is 7. The highest BCUT2D eigenvalue weighted by molar-refractivity contribution is 9.10. The van der Waals surface area contributed by atoms with E-state index in [1.165, 1.54) is 24.9 Å². The van der Waals surface area contributed by atoms with E-state index in [1.807, 2.05) is 31.2 Å². The van der Waals surface area contributed by atoms with Gasteiger partial charge in [-0.05, 0) is 42.3 Å². The van der Waals surface area contributed by atoms with Gasteiger partial charge in [0, 0.05) is 10.2 Å². The third-order valence-electron chi connectivity index (χ3n) is 3.47. The monoisotopic (exact) mass is 411 g/mol. The van der Waals surface area contributed by atoms with E-state index in [-0.39, 0.29) is 23.5 Å². The summed E-state index contributed by atoms with van der Waals surface area (Å²) >= 11 is 4.84. The van der Waals surface area contributed by atoms with Gasteiger partial charge < -0.3 is 10.1 Å². The summed E-state index contributed by atoms with van der Waals surface area (Å²) in [5.41, 5.74) is 1.88. The molecule has 2 aromatic carbocycles. The van der Waals surface area contributed by atoms with E-state index in [9.17, 15) is 9.18 Å². The minimum Gasteiger partial charge on any atom is -0.494 e. The minimum absolute atomic E-state index is 0.0376. The van der Waals surface area contributed by atoms with E-state index in [2.05, 4.69) is 21.2 Å².